The maximum atomic E-state index is 4.04. The van der Waals surface area contributed by atoms with Crippen molar-refractivity contribution in [1.82, 2.24) is 0 Å². The highest BCUT2D eigenvalue weighted by atomic mass is 14.1. The van der Waals surface area contributed by atoms with Crippen molar-refractivity contribution in [3.05, 3.63) is 41.5 Å². The number of hydrogen-bond donors (Lipinski definition) is 0. The highest BCUT2D eigenvalue weighted by Gasteiger charge is 2.09. The van der Waals surface area contributed by atoms with Gasteiger partial charge in [-0.1, -0.05) is 58.0 Å². The lowest BCUT2D eigenvalue weighted by Crippen LogP contribution is -1.97. The van der Waals surface area contributed by atoms with Crippen LogP contribution in [0.25, 0.3) is 5.57 Å². The van der Waals surface area contributed by atoms with Crippen LogP contribution < -0.4 is 0 Å². The van der Waals surface area contributed by atoms with Crippen molar-refractivity contribution in [2.45, 2.75) is 46.5 Å². The van der Waals surface area contributed by atoms with Crippen molar-refractivity contribution in [1.29, 1.82) is 0 Å². The van der Waals surface area contributed by atoms with Crippen LogP contribution >= 0.6 is 0 Å². The summed E-state index contributed by atoms with van der Waals surface area (Å²) in [5, 5.41) is 0. The summed E-state index contributed by atoms with van der Waals surface area (Å²) in [6.45, 7) is 15.1. The van der Waals surface area contributed by atoms with E-state index in [0.29, 0.717) is 11.8 Å². The zero-order valence-corrected chi connectivity index (χ0v) is 10.6. The van der Waals surface area contributed by atoms with Gasteiger partial charge in [-0.3, -0.25) is 0 Å². The minimum Gasteiger partial charge on any atom is -0.0955 e. The molecule has 0 aliphatic carbocycles. The Hall–Kier alpha value is -1.04. The highest BCUT2D eigenvalue weighted by molar-refractivity contribution is 5.65. The fraction of sp³-hybridized carbons (Fsp3) is 0.467. The lowest BCUT2D eigenvalue weighted by molar-refractivity contribution is 0.831. The smallest absolute Gasteiger partial charge is 0.0198 e. The van der Waals surface area contributed by atoms with E-state index < -0.39 is 0 Å². The van der Waals surface area contributed by atoms with Crippen molar-refractivity contribution in [3.8, 4) is 0 Å². The number of benzene rings is 1. The topological polar surface area (TPSA) is 0 Å². The molecule has 0 aliphatic heterocycles. The third-order valence-electron chi connectivity index (χ3n) is 2.82. The van der Waals surface area contributed by atoms with E-state index in [0.717, 1.165) is 5.57 Å². The van der Waals surface area contributed by atoms with Crippen LogP contribution in [0.5, 0.6) is 0 Å². The average molecular weight is 202 g/mol. The van der Waals surface area contributed by atoms with Gasteiger partial charge >= 0.3 is 0 Å². The van der Waals surface area contributed by atoms with Crippen molar-refractivity contribution >= 4 is 5.57 Å². The minimum absolute atomic E-state index is 0.565. The predicted octanol–water partition coefficient (Wildman–Crippen LogP) is 4.97. The summed E-state index contributed by atoms with van der Waals surface area (Å²) in [5.74, 6) is 1.16. The molecular formula is C15H22. The summed E-state index contributed by atoms with van der Waals surface area (Å²) < 4.78 is 0. The predicted molar refractivity (Wildman–Crippen MR) is 69.3 cm³/mol. The van der Waals surface area contributed by atoms with Gasteiger partial charge in [0.05, 0.1) is 0 Å². The lowest BCUT2D eigenvalue weighted by Gasteiger charge is -2.16. The first-order valence-electron chi connectivity index (χ1n) is 5.73. The summed E-state index contributed by atoms with van der Waals surface area (Å²) in [6, 6.07) is 6.77. The molecule has 1 aromatic carbocycles. The van der Waals surface area contributed by atoms with Gasteiger partial charge in [0.15, 0.2) is 0 Å². The normalized spacial score (nSPS) is 11.1. The molecule has 0 atom stereocenters. The van der Waals surface area contributed by atoms with E-state index in [1.54, 1.807) is 0 Å². The second-order valence-electron chi connectivity index (χ2n) is 4.94. The van der Waals surface area contributed by atoms with E-state index in [2.05, 4.69) is 59.4 Å². The van der Waals surface area contributed by atoms with Crippen molar-refractivity contribution < 1.29 is 0 Å². The average Bonchev–Trinajstić information content (AvgIpc) is 2.16. The molecule has 0 N–H and O–H groups in total. The molecular weight excluding hydrogens is 180 g/mol. The minimum atomic E-state index is 0.565. The Morgan fingerprint density at radius 1 is 1.07 bits per heavy atom. The first-order chi connectivity index (χ1) is 6.93. The van der Waals surface area contributed by atoms with Crippen LogP contribution in [0.15, 0.2) is 24.8 Å². The maximum Gasteiger partial charge on any atom is -0.0198 e. The molecule has 0 spiro atoms. The molecule has 0 saturated heterocycles. The first-order valence-corrected chi connectivity index (χ1v) is 5.73. The molecule has 0 unspecified atom stereocenters. The molecule has 0 aliphatic rings. The van der Waals surface area contributed by atoms with Gasteiger partial charge in [-0.25, -0.2) is 0 Å². The monoisotopic (exact) mass is 202 g/mol. The van der Waals surface area contributed by atoms with Crippen LogP contribution in [-0.2, 0) is 0 Å². The van der Waals surface area contributed by atoms with E-state index in [9.17, 15) is 0 Å². The van der Waals surface area contributed by atoms with Gasteiger partial charge in [0.2, 0.25) is 0 Å². The summed E-state index contributed by atoms with van der Waals surface area (Å²) in [6.07, 6.45) is 0. The van der Waals surface area contributed by atoms with E-state index in [4.69, 9.17) is 0 Å². The van der Waals surface area contributed by atoms with E-state index in [1.807, 2.05) is 0 Å². The van der Waals surface area contributed by atoms with Gasteiger partial charge in [-0.15, -0.1) is 0 Å². The summed E-state index contributed by atoms with van der Waals surface area (Å²) in [4.78, 5) is 0. The molecule has 0 fully saturated rings. The van der Waals surface area contributed by atoms with Crippen LogP contribution in [0.2, 0.25) is 0 Å². The van der Waals surface area contributed by atoms with Crippen molar-refractivity contribution in [2.24, 2.45) is 0 Å². The molecule has 1 aromatic rings. The Bertz CT molecular complexity index is 356. The van der Waals surface area contributed by atoms with Crippen LogP contribution in [0.4, 0.5) is 0 Å². The quantitative estimate of drug-likeness (QED) is 0.649. The highest BCUT2D eigenvalue weighted by Crippen LogP contribution is 2.28. The molecule has 1 rings (SSSR count). The third kappa shape index (κ3) is 2.71. The Morgan fingerprint density at radius 3 is 2.07 bits per heavy atom. The van der Waals surface area contributed by atoms with Crippen LogP contribution in [-0.4, -0.2) is 0 Å². The summed E-state index contributed by atoms with van der Waals surface area (Å²) in [7, 11) is 0. The van der Waals surface area contributed by atoms with E-state index >= 15 is 0 Å². The lowest BCUT2D eigenvalue weighted by atomic mass is 9.89. The van der Waals surface area contributed by atoms with Crippen LogP contribution in [0.1, 0.15) is 63.1 Å². The Labute approximate surface area is 94.0 Å². The first kappa shape index (κ1) is 12.0. The van der Waals surface area contributed by atoms with Gasteiger partial charge < -0.3 is 0 Å². The Balaban J connectivity index is 3.27. The Morgan fingerprint density at radius 2 is 1.67 bits per heavy atom. The number of rotatable bonds is 3. The third-order valence-corrected chi connectivity index (χ3v) is 2.82. The molecule has 0 heteroatoms. The molecule has 0 nitrogen and oxygen atoms in total. The van der Waals surface area contributed by atoms with Gasteiger partial charge in [-0.05, 0) is 35.4 Å². The Kier molecular flexibility index (Phi) is 3.73. The molecule has 15 heavy (non-hydrogen) atoms. The van der Waals surface area contributed by atoms with Gasteiger partial charge in [0.25, 0.3) is 0 Å². The van der Waals surface area contributed by atoms with E-state index in [-0.39, 0.29) is 0 Å². The molecule has 0 heterocycles. The molecule has 0 aromatic heterocycles. The van der Waals surface area contributed by atoms with Gasteiger partial charge in [-0.2, -0.15) is 0 Å². The number of allylic oxidation sites excluding steroid dienone is 1. The second kappa shape index (κ2) is 4.65. The van der Waals surface area contributed by atoms with E-state index in [1.165, 1.54) is 16.7 Å². The zero-order chi connectivity index (χ0) is 11.6. The molecule has 0 saturated carbocycles. The number of hydrogen-bond acceptors (Lipinski definition) is 0. The standard InChI is InChI=1S/C15H22/c1-10(2)13-7-8-14(11(3)4)15(9-13)12(5)6/h7-10,12H,3H2,1-2,4-6H3. The fourth-order valence-corrected chi connectivity index (χ4v) is 1.81. The van der Waals surface area contributed by atoms with Crippen LogP contribution in [0.3, 0.4) is 0 Å². The molecule has 0 amide bonds. The maximum absolute atomic E-state index is 4.04. The van der Waals surface area contributed by atoms with Crippen molar-refractivity contribution in [2.75, 3.05) is 0 Å². The molecule has 0 bridgehead atoms. The van der Waals surface area contributed by atoms with Crippen LogP contribution in [0, 0.1) is 0 Å². The largest absolute Gasteiger partial charge is 0.0955 e. The SMILES string of the molecule is C=C(C)c1ccc(C(C)C)cc1C(C)C. The second-order valence-corrected chi connectivity index (χ2v) is 4.94. The fourth-order valence-electron chi connectivity index (χ4n) is 1.81. The molecule has 82 valence electrons. The van der Waals surface area contributed by atoms with Gasteiger partial charge in [0, 0.05) is 0 Å². The summed E-state index contributed by atoms with van der Waals surface area (Å²) in [5.41, 5.74) is 5.32. The van der Waals surface area contributed by atoms with Gasteiger partial charge in [0.1, 0.15) is 0 Å². The van der Waals surface area contributed by atoms with Crippen molar-refractivity contribution in [3.63, 3.8) is 0 Å². The zero-order valence-electron chi connectivity index (χ0n) is 10.6. The molecule has 0 radical (unpaired) electrons. The summed E-state index contributed by atoms with van der Waals surface area (Å²) >= 11 is 0.